The Morgan fingerprint density at radius 3 is 2.77 bits per heavy atom. The molecule has 1 aromatic heterocycles. The van der Waals surface area contributed by atoms with Crippen LogP contribution in [0.1, 0.15) is 29.8 Å². The van der Waals surface area contributed by atoms with Gasteiger partial charge in [0.1, 0.15) is 5.56 Å². The van der Waals surface area contributed by atoms with Crippen LogP contribution in [-0.4, -0.2) is 30.8 Å². The number of H-pyrrole nitrogens is 1. The maximum Gasteiger partial charge on any atom is 0.343 e. The van der Waals surface area contributed by atoms with Crippen molar-refractivity contribution in [3.8, 4) is 0 Å². The molecular weight excluding hydrogens is 286 g/mol. The van der Waals surface area contributed by atoms with E-state index in [0.717, 1.165) is 5.56 Å². The number of rotatable bonds is 3. The molecule has 0 atom stereocenters. The van der Waals surface area contributed by atoms with Gasteiger partial charge in [-0.3, -0.25) is 4.79 Å². The van der Waals surface area contributed by atoms with Crippen LogP contribution in [0.5, 0.6) is 0 Å². The van der Waals surface area contributed by atoms with Crippen molar-refractivity contribution >= 4 is 16.9 Å². The quantitative estimate of drug-likeness (QED) is 0.877. The molecule has 2 heterocycles. The molecule has 1 fully saturated rings. The Kier molecular flexibility index (Phi) is 3.72. The minimum atomic E-state index is -0.801. The second kappa shape index (κ2) is 5.55. The first kappa shape index (κ1) is 14.7. The van der Waals surface area contributed by atoms with E-state index < -0.39 is 11.8 Å². The number of pyridine rings is 1. The zero-order chi connectivity index (χ0) is 15.7. The number of nitrogens with one attached hydrogen (secondary N) is 1. The summed E-state index contributed by atoms with van der Waals surface area (Å²) in [7, 11) is 0. The molecule has 0 saturated carbocycles. The van der Waals surface area contributed by atoms with Crippen LogP contribution in [0.25, 0.3) is 10.9 Å². The van der Waals surface area contributed by atoms with Crippen LogP contribution in [0.4, 0.5) is 0 Å². The molecule has 0 unspecified atom stereocenters. The molecule has 1 aliphatic rings. The van der Waals surface area contributed by atoms with E-state index in [-0.39, 0.29) is 17.6 Å². The number of benzene rings is 1. The first-order valence-electron chi connectivity index (χ1n) is 7.16. The van der Waals surface area contributed by atoms with Crippen LogP contribution in [0.3, 0.4) is 0 Å². The summed E-state index contributed by atoms with van der Waals surface area (Å²) in [4.78, 5) is 27.1. The minimum absolute atomic E-state index is 0.00155. The highest BCUT2D eigenvalue weighted by Gasteiger charge is 2.33. The number of aromatic amines is 1. The predicted octanol–water partition coefficient (Wildman–Crippen LogP) is 1.92. The number of hydrogen-bond donors (Lipinski definition) is 1. The lowest BCUT2D eigenvalue weighted by Crippen LogP contribution is -2.23. The molecule has 0 radical (unpaired) electrons. The molecule has 116 valence electrons. The summed E-state index contributed by atoms with van der Waals surface area (Å²) in [5.41, 5.74) is 1.09. The Morgan fingerprint density at radius 2 is 2.09 bits per heavy atom. The van der Waals surface area contributed by atoms with E-state index in [2.05, 4.69) is 4.98 Å². The molecule has 2 aromatic rings. The summed E-state index contributed by atoms with van der Waals surface area (Å²) in [6, 6.07) is 5.25. The fraction of sp³-hybridized carbons (Fsp3) is 0.375. The van der Waals surface area contributed by atoms with Crippen LogP contribution >= 0.6 is 0 Å². The van der Waals surface area contributed by atoms with E-state index in [1.807, 2.05) is 6.92 Å². The van der Waals surface area contributed by atoms with E-state index in [9.17, 15) is 9.59 Å². The third-order valence-corrected chi connectivity index (χ3v) is 3.74. The van der Waals surface area contributed by atoms with Crippen molar-refractivity contribution in [2.45, 2.75) is 19.6 Å². The molecule has 0 aliphatic carbocycles. The number of aromatic nitrogens is 1. The van der Waals surface area contributed by atoms with Crippen LogP contribution < -0.4 is 5.43 Å². The van der Waals surface area contributed by atoms with E-state index >= 15 is 0 Å². The number of ether oxygens (including phenoxy) is 3. The largest absolute Gasteiger partial charge is 0.462 e. The van der Waals surface area contributed by atoms with Crippen LogP contribution in [-0.2, 0) is 20.0 Å². The fourth-order valence-corrected chi connectivity index (χ4v) is 2.55. The summed E-state index contributed by atoms with van der Waals surface area (Å²) < 4.78 is 16.1. The van der Waals surface area contributed by atoms with Crippen molar-refractivity contribution in [3.63, 3.8) is 0 Å². The number of fused-ring (bicyclic) bond motifs is 1. The Hall–Kier alpha value is -2.18. The third-order valence-electron chi connectivity index (χ3n) is 3.74. The lowest BCUT2D eigenvalue weighted by Gasteiger charge is -2.22. The topological polar surface area (TPSA) is 77.6 Å². The van der Waals surface area contributed by atoms with Crippen molar-refractivity contribution in [3.05, 3.63) is 45.7 Å². The van der Waals surface area contributed by atoms with Crippen LogP contribution in [0.2, 0.25) is 0 Å². The highest BCUT2D eigenvalue weighted by atomic mass is 16.7. The standard InChI is InChI=1S/C16H17NO5/c1-3-20-15(19)12-9-17-13-8-10(4-5-11(13)14(12)18)16(2)21-6-7-22-16/h4-5,8-9H,3,6-7H2,1-2H3,(H,17,18). The molecule has 6 heteroatoms. The van der Waals surface area contributed by atoms with E-state index in [1.54, 1.807) is 25.1 Å². The van der Waals surface area contributed by atoms with Gasteiger partial charge < -0.3 is 19.2 Å². The average molecular weight is 303 g/mol. The fourth-order valence-electron chi connectivity index (χ4n) is 2.55. The highest BCUT2D eigenvalue weighted by molar-refractivity contribution is 5.93. The second-order valence-corrected chi connectivity index (χ2v) is 5.15. The molecule has 6 nitrogen and oxygen atoms in total. The van der Waals surface area contributed by atoms with Gasteiger partial charge in [0.15, 0.2) is 5.79 Å². The maximum atomic E-state index is 12.4. The molecule has 22 heavy (non-hydrogen) atoms. The van der Waals surface area contributed by atoms with Crippen LogP contribution in [0.15, 0.2) is 29.2 Å². The van der Waals surface area contributed by atoms with Gasteiger partial charge in [0.05, 0.1) is 19.8 Å². The summed E-state index contributed by atoms with van der Waals surface area (Å²) >= 11 is 0. The zero-order valence-electron chi connectivity index (χ0n) is 12.5. The minimum Gasteiger partial charge on any atom is -0.462 e. The number of esters is 1. The summed E-state index contributed by atoms with van der Waals surface area (Å²) in [5, 5.41) is 0.427. The Bertz CT molecular complexity index is 774. The average Bonchev–Trinajstić information content (AvgIpc) is 2.95. The molecule has 0 amide bonds. The molecular formula is C16H17NO5. The van der Waals surface area contributed by atoms with Gasteiger partial charge in [0.25, 0.3) is 0 Å². The molecule has 1 saturated heterocycles. The van der Waals surface area contributed by atoms with Gasteiger partial charge in [-0.05, 0) is 26.0 Å². The molecule has 1 N–H and O–H groups in total. The van der Waals surface area contributed by atoms with Gasteiger partial charge in [-0.15, -0.1) is 0 Å². The second-order valence-electron chi connectivity index (χ2n) is 5.15. The highest BCUT2D eigenvalue weighted by Crippen LogP contribution is 2.31. The van der Waals surface area contributed by atoms with Gasteiger partial charge in [0, 0.05) is 22.7 Å². The first-order valence-corrected chi connectivity index (χ1v) is 7.16. The van der Waals surface area contributed by atoms with Gasteiger partial charge in [-0.25, -0.2) is 4.79 Å². The third kappa shape index (κ3) is 2.40. The van der Waals surface area contributed by atoms with Crippen molar-refractivity contribution in [2.24, 2.45) is 0 Å². The normalized spacial score (nSPS) is 16.8. The number of carbonyl (C=O) groups excluding carboxylic acids is 1. The predicted molar refractivity (Wildman–Crippen MR) is 79.8 cm³/mol. The molecule has 1 aromatic carbocycles. The SMILES string of the molecule is CCOC(=O)c1c[nH]c2cc(C3(C)OCCO3)ccc2c1=O. The first-order chi connectivity index (χ1) is 10.5. The van der Waals surface area contributed by atoms with Crippen molar-refractivity contribution in [1.82, 2.24) is 4.98 Å². The van der Waals surface area contributed by atoms with Crippen molar-refractivity contribution < 1.29 is 19.0 Å². The van der Waals surface area contributed by atoms with Crippen LogP contribution in [0, 0.1) is 0 Å². The van der Waals surface area contributed by atoms with Crippen molar-refractivity contribution in [2.75, 3.05) is 19.8 Å². The number of carbonyl (C=O) groups is 1. The number of hydrogen-bond acceptors (Lipinski definition) is 5. The monoisotopic (exact) mass is 303 g/mol. The molecule has 0 bridgehead atoms. The summed E-state index contributed by atoms with van der Waals surface area (Å²) in [5.74, 6) is -1.42. The van der Waals surface area contributed by atoms with E-state index in [4.69, 9.17) is 14.2 Å². The maximum absolute atomic E-state index is 12.4. The van der Waals surface area contributed by atoms with Gasteiger partial charge in [0.2, 0.25) is 5.43 Å². The lowest BCUT2D eigenvalue weighted by molar-refractivity contribution is -0.149. The lowest BCUT2D eigenvalue weighted by atomic mass is 10.0. The van der Waals surface area contributed by atoms with Gasteiger partial charge in [-0.1, -0.05) is 6.07 Å². The summed E-state index contributed by atoms with van der Waals surface area (Å²) in [6.07, 6.45) is 1.38. The summed E-state index contributed by atoms with van der Waals surface area (Å²) in [6.45, 7) is 4.83. The van der Waals surface area contributed by atoms with E-state index in [1.165, 1.54) is 6.20 Å². The van der Waals surface area contributed by atoms with E-state index in [0.29, 0.717) is 24.1 Å². The van der Waals surface area contributed by atoms with Crippen molar-refractivity contribution in [1.29, 1.82) is 0 Å². The Labute approximate surface area is 127 Å². The molecule has 3 rings (SSSR count). The molecule has 0 spiro atoms. The van der Waals surface area contributed by atoms with Gasteiger partial charge in [-0.2, -0.15) is 0 Å². The zero-order valence-corrected chi connectivity index (χ0v) is 12.5. The molecule has 1 aliphatic heterocycles. The Balaban J connectivity index is 2.06. The smallest absolute Gasteiger partial charge is 0.343 e. The Morgan fingerprint density at radius 1 is 1.36 bits per heavy atom. The van der Waals surface area contributed by atoms with Gasteiger partial charge >= 0.3 is 5.97 Å².